The summed E-state index contributed by atoms with van der Waals surface area (Å²) in [5.74, 6) is 0. The zero-order chi connectivity index (χ0) is 8.55. The fourth-order valence-corrected chi connectivity index (χ4v) is 1.53. The molecule has 5 heteroatoms. The molecule has 0 spiro atoms. The van der Waals surface area contributed by atoms with Gasteiger partial charge in [-0.25, -0.2) is 0 Å². The maximum absolute atomic E-state index is 11.7. The van der Waals surface area contributed by atoms with Crippen molar-refractivity contribution in [1.29, 1.82) is 0 Å². The molecule has 2 fully saturated rings. The van der Waals surface area contributed by atoms with Crippen LogP contribution < -0.4 is 5.32 Å². The summed E-state index contributed by atoms with van der Waals surface area (Å²) in [6.07, 6.45) is -0.245. The van der Waals surface area contributed by atoms with E-state index in [4.69, 9.17) is 0 Å². The molecule has 2 saturated heterocycles. The zero-order valence-electron chi connectivity index (χ0n) is 6.67. The lowest BCUT2D eigenvalue weighted by atomic mass is 10.0. The van der Waals surface area contributed by atoms with Gasteiger partial charge in [0.2, 0.25) is 0 Å². The van der Waals surface area contributed by atoms with Crippen molar-refractivity contribution in [2.45, 2.75) is 18.8 Å². The predicted molar refractivity (Wildman–Crippen MR) is 39.1 cm³/mol. The fraction of sp³-hybridized carbons (Fsp3) is 1.00. The second-order valence-corrected chi connectivity index (χ2v) is 3.28. The summed E-state index contributed by atoms with van der Waals surface area (Å²) in [5, 5.41) is 3.14. The van der Waals surface area contributed by atoms with Crippen molar-refractivity contribution in [2.75, 3.05) is 26.2 Å². The quantitative estimate of drug-likeness (QED) is 0.652. The molecular formula is C7H12F2N2O. The van der Waals surface area contributed by atoms with Crippen LogP contribution in [-0.2, 0) is 4.74 Å². The first-order chi connectivity index (χ1) is 5.75. The molecule has 0 saturated carbocycles. The number of likely N-dealkylation sites (tertiary alicyclic amines) is 1. The lowest BCUT2D eigenvalue weighted by Crippen LogP contribution is -2.66. The van der Waals surface area contributed by atoms with E-state index in [9.17, 15) is 8.78 Å². The van der Waals surface area contributed by atoms with Crippen molar-refractivity contribution >= 4 is 0 Å². The third-order valence-corrected chi connectivity index (χ3v) is 2.45. The van der Waals surface area contributed by atoms with E-state index in [1.807, 2.05) is 0 Å². The van der Waals surface area contributed by atoms with Gasteiger partial charge in [-0.2, -0.15) is 8.78 Å². The molecule has 0 amide bonds. The molecule has 0 aromatic rings. The SMILES string of the molecule is FC(F)OC1CN(C2CNC2)C1. The summed E-state index contributed by atoms with van der Waals surface area (Å²) in [6.45, 7) is 0.688. The number of nitrogens with one attached hydrogen (secondary N) is 1. The van der Waals surface area contributed by atoms with Crippen LogP contribution in [0.3, 0.4) is 0 Å². The highest BCUT2D eigenvalue weighted by Gasteiger charge is 2.36. The molecule has 0 bridgehead atoms. The number of halogens is 2. The molecule has 1 N–H and O–H groups in total. The van der Waals surface area contributed by atoms with Crippen molar-refractivity contribution in [1.82, 2.24) is 10.2 Å². The molecule has 2 aliphatic rings. The maximum Gasteiger partial charge on any atom is 0.345 e. The fourth-order valence-electron chi connectivity index (χ4n) is 1.53. The first-order valence-corrected chi connectivity index (χ1v) is 4.14. The van der Waals surface area contributed by atoms with Crippen molar-refractivity contribution in [3.05, 3.63) is 0 Å². The number of nitrogens with zero attached hydrogens (tertiary/aromatic N) is 1. The molecule has 12 heavy (non-hydrogen) atoms. The van der Waals surface area contributed by atoms with E-state index >= 15 is 0 Å². The highest BCUT2D eigenvalue weighted by Crippen LogP contribution is 2.19. The Kier molecular flexibility index (Phi) is 2.25. The van der Waals surface area contributed by atoms with Crippen molar-refractivity contribution in [3.63, 3.8) is 0 Å². The van der Waals surface area contributed by atoms with Crippen molar-refractivity contribution in [2.24, 2.45) is 0 Å². The molecule has 0 atom stereocenters. The van der Waals surface area contributed by atoms with Gasteiger partial charge in [0.05, 0.1) is 6.10 Å². The van der Waals surface area contributed by atoms with Crippen LogP contribution in [0.15, 0.2) is 0 Å². The largest absolute Gasteiger partial charge is 0.345 e. The average molecular weight is 178 g/mol. The Morgan fingerprint density at radius 3 is 2.42 bits per heavy atom. The lowest BCUT2D eigenvalue weighted by Gasteiger charge is -2.47. The highest BCUT2D eigenvalue weighted by molar-refractivity contribution is 4.92. The molecule has 0 aliphatic carbocycles. The molecule has 0 aromatic carbocycles. The molecule has 0 unspecified atom stereocenters. The summed E-state index contributed by atoms with van der Waals surface area (Å²) in [5.41, 5.74) is 0. The summed E-state index contributed by atoms with van der Waals surface area (Å²) in [4.78, 5) is 2.17. The van der Waals surface area contributed by atoms with Crippen LogP contribution in [0.25, 0.3) is 0 Å². The monoisotopic (exact) mass is 178 g/mol. The Morgan fingerprint density at radius 2 is 2.00 bits per heavy atom. The van der Waals surface area contributed by atoms with Crippen LogP contribution >= 0.6 is 0 Å². The Hall–Kier alpha value is -0.260. The number of rotatable bonds is 3. The van der Waals surface area contributed by atoms with Crippen LogP contribution in [0.4, 0.5) is 8.78 Å². The molecule has 0 radical (unpaired) electrons. The Morgan fingerprint density at radius 1 is 1.33 bits per heavy atom. The molecular weight excluding hydrogens is 166 g/mol. The van der Waals surface area contributed by atoms with E-state index < -0.39 is 6.61 Å². The van der Waals surface area contributed by atoms with Gasteiger partial charge in [-0.1, -0.05) is 0 Å². The number of ether oxygens (including phenoxy) is 1. The summed E-state index contributed by atoms with van der Waals surface area (Å²) >= 11 is 0. The minimum Gasteiger partial charge on any atom is -0.317 e. The maximum atomic E-state index is 11.7. The van der Waals surface area contributed by atoms with Gasteiger partial charge in [-0.3, -0.25) is 4.90 Å². The lowest BCUT2D eigenvalue weighted by molar-refractivity contribution is -0.202. The molecule has 3 nitrogen and oxygen atoms in total. The van der Waals surface area contributed by atoms with Crippen LogP contribution in [-0.4, -0.2) is 49.8 Å². The van der Waals surface area contributed by atoms with Crippen LogP contribution in [0.1, 0.15) is 0 Å². The molecule has 2 aliphatic heterocycles. The second kappa shape index (κ2) is 3.24. The minimum absolute atomic E-state index is 0.245. The third kappa shape index (κ3) is 1.57. The van der Waals surface area contributed by atoms with Gasteiger partial charge >= 0.3 is 6.61 Å². The van der Waals surface area contributed by atoms with Gasteiger partial charge in [0, 0.05) is 32.2 Å². The third-order valence-electron chi connectivity index (χ3n) is 2.45. The first-order valence-electron chi connectivity index (χ1n) is 4.14. The summed E-state index contributed by atoms with van der Waals surface area (Å²) in [7, 11) is 0. The van der Waals surface area contributed by atoms with Crippen molar-refractivity contribution in [3.8, 4) is 0 Å². The highest BCUT2D eigenvalue weighted by atomic mass is 19.3. The molecule has 70 valence electrons. The van der Waals surface area contributed by atoms with Gasteiger partial charge < -0.3 is 10.1 Å². The topological polar surface area (TPSA) is 24.5 Å². The average Bonchev–Trinajstić information content (AvgIpc) is 1.77. The predicted octanol–water partition coefficient (Wildman–Crippen LogP) is -0.118. The van der Waals surface area contributed by atoms with Gasteiger partial charge in [0.15, 0.2) is 0 Å². The van der Waals surface area contributed by atoms with Crippen LogP contribution in [0.2, 0.25) is 0 Å². The van der Waals surface area contributed by atoms with Crippen LogP contribution in [0.5, 0.6) is 0 Å². The Balaban J connectivity index is 1.63. The van der Waals surface area contributed by atoms with Gasteiger partial charge in [0.25, 0.3) is 0 Å². The number of hydrogen-bond donors (Lipinski definition) is 1. The Bertz CT molecular complexity index is 157. The standard InChI is InChI=1S/C7H12F2N2O/c8-7(9)12-6-3-11(4-6)5-1-10-2-5/h5-7,10H,1-4H2. The van der Waals surface area contributed by atoms with Gasteiger partial charge in [-0.05, 0) is 0 Å². The van der Waals surface area contributed by atoms with E-state index in [2.05, 4.69) is 15.0 Å². The smallest absolute Gasteiger partial charge is 0.317 e. The Labute approximate surface area is 69.7 Å². The van der Waals surface area contributed by atoms with E-state index in [0.29, 0.717) is 19.1 Å². The number of hydrogen-bond acceptors (Lipinski definition) is 3. The normalized spacial score (nSPS) is 27.2. The van der Waals surface area contributed by atoms with E-state index in [-0.39, 0.29) is 6.10 Å². The van der Waals surface area contributed by atoms with Crippen molar-refractivity contribution < 1.29 is 13.5 Å². The number of alkyl halides is 2. The van der Waals surface area contributed by atoms with E-state index in [1.54, 1.807) is 0 Å². The summed E-state index contributed by atoms with van der Waals surface area (Å²) in [6, 6.07) is 0.558. The van der Waals surface area contributed by atoms with E-state index in [0.717, 1.165) is 13.1 Å². The first kappa shape index (κ1) is 8.34. The van der Waals surface area contributed by atoms with Gasteiger partial charge in [0.1, 0.15) is 0 Å². The minimum atomic E-state index is -2.61. The molecule has 0 aromatic heterocycles. The van der Waals surface area contributed by atoms with Crippen LogP contribution in [0, 0.1) is 0 Å². The zero-order valence-corrected chi connectivity index (χ0v) is 6.67. The second-order valence-electron chi connectivity index (χ2n) is 3.28. The van der Waals surface area contributed by atoms with E-state index in [1.165, 1.54) is 0 Å². The molecule has 2 rings (SSSR count). The summed E-state index contributed by atoms with van der Waals surface area (Å²) < 4.78 is 27.7. The van der Waals surface area contributed by atoms with Gasteiger partial charge in [-0.15, -0.1) is 0 Å². The molecule has 2 heterocycles.